The second kappa shape index (κ2) is 9.73. The van der Waals surface area contributed by atoms with Crippen molar-refractivity contribution in [3.63, 3.8) is 0 Å². The van der Waals surface area contributed by atoms with Gasteiger partial charge in [0.15, 0.2) is 0 Å². The van der Waals surface area contributed by atoms with Crippen molar-refractivity contribution in [2.75, 3.05) is 0 Å². The van der Waals surface area contributed by atoms with E-state index in [1.54, 1.807) is 37.3 Å². The summed E-state index contributed by atoms with van der Waals surface area (Å²) in [6, 6.07) is 15.3. The summed E-state index contributed by atoms with van der Waals surface area (Å²) in [7, 11) is 0. The molecule has 2 N–H and O–H groups in total. The molecule has 0 aliphatic heterocycles. The lowest BCUT2D eigenvalue weighted by Gasteiger charge is -2.12. The van der Waals surface area contributed by atoms with Gasteiger partial charge in [0.25, 0.3) is 11.8 Å². The van der Waals surface area contributed by atoms with E-state index in [1.165, 1.54) is 6.21 Å². The molecule has 1 aromatic heterocycles. The third kappa shape index (κ3) is 5.37. The molecule has 0 saturated heterocycles. The molecule has 154 valence electrons. The topological polar surface area (TPSA) is 83.7 Å². The van der Waals surface area contributed by atoms with Crippen LogP contribution in [0.2, 0.25) is 5.02 Å². The highest BCUT2D eigenvalue weighted by molar-refractivity contribution is 9.10. The Kier molecular flexibility index (Phi) is 7.07. The summed E-state index contributed by atoms with van der Waals surface area (Å²) in [6.07, 6.45) is 1.39. The Bertz CT molecular complexity index is 1110. The fourth-order valence-electron chi connectivity index (χ4n) is 2.63. The van der Waals surface area contributed by atoms with Gasteiger partial charge in [-0.25, -0.2) is 5.43 Å². The average Bonchev–Trinajstić information content (AvgIpc) is 3.16. The van der Waals surface area contributed by atoms with Crippen LogP contribution in [0.3, 0.4) is 0 Å². The molecular weight excluding hydrogens is 470 g/mol. The third-order valence-electron chi connectivity index (χ3n) is 4.24. The number of rotatable bonds is 6. The first-order valence-corrected chi connectivity index (χ1v) is 10.3. The zero-order valence-corrected chi connectivity index (χ0v) is 18.6. The van der Waals surface area contributed by atoms with Crippen LogP contribution in [0.4, 0.5) is 0 Å². The third-order valence-corrected chi connectivity index (χ3v) is 5.23. The molecule has 6 nitrogen and oxygen atoms in total. The summed E-state index contributed by atoms with van der Waals surface area (Å²) in [5.74, 6) is 0.242. The van der Waals surface area contributed by atoms with Crippen LogP contribution in [-0.2, 0) is 4.79 Å². The number of hydrogen-bond donors (Lipinski definition) is 2. The first kappa shape index (κ1) is 21.8. The standard InChI is InChI=1S/C22H19BrClN3O3/c1-13-7-9-16(18(23)11-13)20-10-8-15(30-20)12-25-27-21(28)14(2)26-22(29)17-5-3-4-6-19(17)24/h3-12,14H,1-2H3,(H,26,29)(H,27,28)/b25-12-/t14-/m1/s1. The maximum atomic E-state index is 12.2. The van der Waals surface area contributed by atoms with Gasteiger partial charge in [0, 0.05) is 10.0 Å². The molecule has 2 amide bonds. The van der Waals surface area contributed by atoms with Gasteiger partial charge >= 0.3 is 0 Å². The molecule has 0 spiro atoms. The smallest absolute Gasteiger partial charge is 0.262 e. The summed E-state index contributed by atoms with van der Waals surface area (Å²) in [4.78, 5) is 24.4. The van der Waals surface area contributed by atoms with Crippen LogP contribution in [0.5, 0.6) is 0 Å². The summed E-state index contributed by atoms with van der Waals surface area (Å²) < 4.78 is 6.68. The Hall–Kier alpha value is -2.90. The molecule has 0 saturated carbocycles. The highest BCUT2D eigenvalue weighted by Gasteiger charge is 2.17. The summed E-state index contributed by atoms with van der Waals surface area (Å²) in [5.41, 5.74) is 4.74. The number of nitrogens with one attached hydrogen (secondary N) is 2. The van der Waals surface area contributed by atoms with E-state index < -0.39 is 17.9 Å². The summed E-state index contributed by atoms with van der Waals surface area (Å²) in [6.45, 7) is 3.56. The second-order valence-electron chi connectivity index (χ2n) is 6.59. The van der Waals surface area contributed by atoms with Gasteiger partial charge in [-0.3, -0.25) is 9.59 Å². The molecule has 0 bridgehead atoms. The Morgan fingerprint density at radius 3 is 2.67 bits per heavy atom. The lowest BCUT2D eigenvalue weighted by atomic mass is 10.1. The van der Waals surface area contributed by atoms with Crippen LogP contribution >= 0.6 is 27.5 Å². The molecule has 0 unspecified atom stereocenters. The number of carbonyl (C=O) groups is 2. The number of nitrogens with zero attached hydrogens (tertiary/aromatic N) is 1. The molecule has 0 radical (unpaired) electrons. The van der Waals surface area contributed by atoms with E-state index in [4.69, 9.17) is 16.0 Å². The second-order valence-corrected chi connectivity index (χ2v) is 7.86. The number of furan rings is 1. The maximum absolute atomic E-state index is 12.2. The van der Waals surface area contributed by atoms with Crippen molar-refractivity contribution in [3.05, 3.63) is 81.0 Å². The highest BCUT2D eigenvalue weighted by Crippen LogP contribution is 2.30. The van der Waals surface area contributed by atoms with Gasteiger partial charge in [0.2, 0.25) is 0 Å². The predicted molar refractivity (Wildman–Crippen MR) is 121 cm³/mol. The number of benzene rings is 2. The molecular formula is C22H19BrClN3O3. The summed E-state index contributed by atoms with van der Waals surface area (Å²) >= 11 is 9.53. The van der Waals surface area contributed by atoms with Crippen molar-refractivity contribution in [3.8, 4) is 11.3 Å². The van der Waals surface area contributed by atoms with Crippen molar-refractivity contribution in [1.29, 1.82) is 0 Å². The van der Waals surface area contributed by atoms with Crippen LogP contribution < -0.4 is 10.7 Å². The first-order chi connectivity index (χ1) is 14.3. The minimum atomic E-state index is -0.804. The highest BCUT2D eigenvalue weighted by atomic mass is 79.9. The molecule has 1 atom stereocenters. The van der Waals surface area contributed by atoms with Crippen molar-refractivity contribution < 1.29 is 14.0 Å². The van der Waals surface area contributed by atoms with Gasteiger partial charge in [-0.2, -0.15) is 5.10 Å². The number of hydrazone groups is 1. The molecule has 0 aliphatic rings. The fraction of sp³-hybridized carbons (Fsp3) is 0.136. The lowest BCUT2D eigenvalue weighted by Crippen LogP contribution is -2.43. The predicted octanol–water partition coefficient (Wildman–Crippen LogP) is 4.94. The van der Waals surface area contributed by atoms with Gasteiger partial charge in [0.05, 0.1) is 16.8 Å². The Labute approximate surface area is 187 Å². The van der Waals surface area contributed by atoms with Gasteiger partial charge < -0.3 is 9.73 Å². The van der Waals surface area contributed by atoms with E-state index in [0.29, 0.717) is 22.1 Å². The van der Waals surface area contributed by atoms with Gasteiger partial charge in [-0.15, -0.1) is 0 Å². The number of carbonyl (C=O) groups excluding carboxylic acids is 2. The monoisotopic (exact) mass is 487 g/mol. The van der Waals surface area contributed by atoms with E-state index in [9.17, 15) is 9.59 Å². The maximum Gasteiger partial charge on any atom is 0.262 e. The molecule has 0 aliphatic carbocycles. The molecule has 0 fully saturated rings. The van der Waals surface area contributed by atoms with Crippen molar-refractivity contribution >= 4 is 45.6 Å². The van der Waals surface area contributed by atoms with Gasteiger partial charge in [0.1, 0.15) is 17.6 Å². The Morgan fingerprint density at radius 2 is 1.93 bits per heavy atom. The SMILES string of the molecule is Cc1ccc(-c2ccc(/C=N\NC(=O)[C@@H](C)NC(=O)c3ccccc3Cl)o2)c(Br)c1. The Morgan fingerprint density at radius 1 is 1.17 bits per heavy atom. The van der Waals surface area contributed by atoms with Crippen LogP contribution in [-0.4, -0.2) is 24.1 Å². The number of amides is 2. The number of hydrogen-bond acceptors (Lipinski definition) is 4. The minimum absolute atomic E-state index is 0.299. The zero-order chi connectivity index (χ0) is 21.7. The van der Waals surface area contributed by atoms with E-state index in [2.05, 4.69) is 31.8 Å². The quantitative estimate of drug-likeness (QED) is 0.381. The fourth-order valence-corrected chi connectivity index (χ4v) is 3.54. The molecule has 8 heteroatoms. The van der Waals surface area contributed by atoms with Crippen LogP contribution in [0.15, 0.2) is 68.6 Å². The minimum Gasteiger partial charge on any atom is -0.455 e. The largest absolute Gasteiger partial charge is 0.455 e. The van der Waals surface area contributed by atoms with E-state index >= 15 is 0 Å². The van der Waals surface area contributed by atoms with Crippen LogP contribution in [0.25, 0.3) is 11.3 Å². The number of aryl methyl sites for hydroxylation is 1. The normalized spacial score (nSPS) is 12.0. The van der Waals surface area contributed by atoms with Crippen molar-refractivity contribution in [2.24, 2.45) is 5.10 Å². The molecule has 30 heavy (non-hydrogen) atoms. The first-order valence-electron chi connectivity index (χ1n) is 9.10. The van der Waals surface area contributed by atoms with Crippen LogP contribution in [0, 0.1) is 6.92 Å². The molecule has 1 heterocycles. The number of halogens is 2. The average molecular weight is 489 g/mol. The van der Waals surface area contributed by atoms with Crippen LogP contribution in [0.1, 0.15) is 28.6 Å². The van der Waals surface area contributed by atoms with Crippen molar-refractivity contribution in [2.45, 2.75) is 19.9 Å². The molecule has 2 aromatic carbocycles. The summed E-state index contributed by atoms with van der Waals surface area (Å²) in [5, 5.41) is 6.79. The van der Waals surface area contributed by atoms with E-state index in [-0.39, 0.29) is 0 Å². The molecule has 3 rings (SSSR count). The van der Waals surface area contributed by atoms with E-state index in [0.717, 1.165) is 15.6 Å². The van der Waals surface area contributed by atoms with Gasteiger partial charge in [-0.1, -0.05) is 45.7 Å². The van der Waals surface area contributed by atoms with Gasteiger partial charge in [-0.05, 0) is 55.8 Å². The van der Waals surface area contributed by atoms with Crippen molar-refractivity contribution in [1.82, 2.24) is 10.7 Å². The zero-order valence-electron chi connectivity index (χ0n) is 16.3. The lowest BCUT2D eigenvalue weighted by molar-refractivity contribution is -0.122. The molecule has 3 aromatic rings. The Balaban J connectivity index is 1.57. The van der Waals surface area contributed by atoms with E-state index in [1.807, 2.05) is 31.2 Å².